The summed E-state index contributed by atoms with van der Waals surface area (Å²) in [6.45, 7) is 6.04. The lowest BCUT2D eigenvalue weighted by molar-refractivity contribution is 0.0626. The third-order valence-electron chi connectivity index (χ3n) is 1.84. The maximum absolute atomic E-state index is 9.83. The van der Waals surface area contributed by atoms with E-state index in [2.05, 4.69) is 4.98 Å². The van der Waals surface area contributed by atoms with E-state index in [0.29, 0.717) is 0 Å². The average Bonchev–Trinajstić information content (AvgIpc) is 2.03. The first-order chi connectivity index (χ1) is 5.52. The Bertz CT molecular complexity index is 238. The fraction of sp³-hybridized carbons (Fsp3) is 0.500. The predicted molar refractivity (Wildman–Crippen MR) is 48.7 cm³/mol. The highest BCUT2D eigenvalue weighted by Crippen LogP contribution is 2.31. The number of pyridine rings is 1. The molecule has 0 fully saturated rings. The van der Waals surface area contributed by atoms with Gasteiger partial charge >= 0.3 is 0 Å². The molecule has 1 aromatic rings. The minimum Gasteiger partial charge on any atom is -0.388 e. The first-order valence-electron chi connectivity index (χ1n) is 4.10. The molecule has 0 aliphatic heterocycles. The fourth-order valence-corrected chi connectivity index (χ4v) is 1.05. The third kappa shape index (κ3) is 2.05. The van der Waals surface area contributed by atoms with E-state index in [1.54, 1.807) is 12.4 Å². The highest BCUT2D eigenvalue weighted by atomic mass is 16.3. The number of hydrogen-bond acceptors (Lipinski definition) is 2. The van der Waals surface area contributed by atoms with E-state index in [0.717, 1.165) is 5.56 Å². The van der Waals surface area contributed by atoms with Crippen molar-refractivity contribution < 1.29 is 5.11 Å². The van der Waals surface area contributed by atoms with Gasteiger partial charge in [-0.15, -0.1) is 0 Å². The summed E-state index contributed by atoms with van der Waals surface area (Å²) in [6, 6.07) is 3.69. The first kappa shape index (κ1) is 9.20. The molecule has 1 rings (SSSR count). The molecule has 0 aliphatic rings. The number of nitrogens with zero attached hydrogens (tertiary/aromatic N) is 1. The number of aliphatic hydroxyl groups is 1. The van der Waals surface area contributed by atoms with Gasteiger partial charge in [0.2, 0.25) is 0 Å². The van der Waals surface area contributed by atoms with Crippen LogP contribution in [-0.2, 0) is 0 Å². The van der Waals surface area contributed by atoms with Gasteiger partial charge in [-0.3, -0.25) is 4.98 Å². The van der Waals surface area contributed by atoms with Crippen molar-refractivity contribution in [1.82, 2.24) is 4.98 Å². The second-order valence-corrected chi connectivity index (χ2v) is 4.05. The smallest absolute Gasteiger partial charge is 0.0839 e. The van der Waals surface area contributed by atoms with E-state index in [9.17, 15) is 5.11 Å². The van der Waals surface area contributed by atoms with E-state index in [4.69, 9.17) is 0 Å². The largest absolute Gasteiger partial charge is 0.388 e. The van der Waals surface area contributed by atoms with Gasteiger partial charge in [-0.25, -0.2) is 0 Å². The van der Waals surface area contributed by atoms with Crippen molar-refractivity contribution in [2.45, 2.75) is 26.9 Å². The zero-order valence-corrected chi connectivity index (χ0v) is 7.78. The maximum Gasteiger partial charge on any atom is 0.0839 e. The van der Waals surface area contributed by atoms with Crippen LogP contribution in [0, 0.1) is 5.41 Å². The van der Waals surface area contributed by atoms with Gasteiger partial charge in [0.05, 0.1) is 6.10 Å². The number of aliphatic hydroxyl groups excluding tert-OH is 1. The van der Waals surface area contributed by atoms with Crippen LogP contribution in [0.2, 0.25) is 0 Å². The summed E-state index contributed by atoms with van der Waals surface area (Å²) in [7, 11) is 0. The molecule has 1 unspecified atom stereocenters. The molecule has 0 spiro atoms. The van der Waals surface area contributed by atoms with Crippen LogP contribution in [0.15, 0.2) is 24.5 Å². The van der Waals surface area contributed by atoms with Crippen LogP contribution in [0.25, 0.3) is 0 Å². The molecule has 0 saturated heterocycles. The maximum atomic E-state index is 9.83. The topological polar surface area (TPSA) is 33.1 Å². The quantitative estimate of drug-likeness (QED) is 0.691. The Morgan fingerprint density at radius 2 is 1.75 bits per heavy atom. The van der Waals surface area contributed by atoms with Gasteiger partial charge in [-0.05, 0) is 23.1 Å². The van der Waals surface area contributed by atoms with E-state index < -0.39 is 6.10 Å². The number of aromatic nitrogens is 1. The van der Waals surface area contributed by atoms with Crippen LogP contribution in [0.1, 0.15) is 32.4 Å². The van der Waals surface area contributed by atoms with Crippen LogP contribution >= 0.6 is 0 Å². The normalized spacial score (nSPS) is 14.3. The summed E-state index contributed by atoms with van der Waals surface area (Å²) in [4.78, 5) is 3.90. The molecular weight excluding hydrogens is 150 g/mol. The van der Waals surface area contributed by atoms with Crippen molar-refractivity contribution in [2.24, 2.45) is 5.41 Å². The van der Waals surface area contributed by atoms with E-state index in [1.165, 1.54) is 0 Å². The summed E-state index contributed by atoms with van der Waals surface area (Å²) in [5.74, 6) is 0. The molecule has 0 saturated carbocycles. The summed E-state index contributed by atoms with van der Waals surface area (Å²) in [5, 5.41) is 9.83. The van der Waals surface area contributed by atoms with E-state index >= 15 is 0 Å². The van der Waals surface area contributed by atoms with Gasteiger partial charge < -0.3 is 5.11 Å². The average molecular weight is 165 g/mol. The van der Waals surface area contributed by atoms with Crippen LogP contribution in [0.4, 0.5) is 0 Å². The Labute approximate surface area is 73.3 Å². The Morgan fingerprint density at radius 3 is 2.17 bits per heavy atom. The molecule has 1 heterocycles. The Morgan fingerprint density at radius 1 is 1.25 bits per heavy atom. The lowest BCUT2D eigenvalue weighted by Crippen LogP contribution is -2.17. The lowest BCUT2D eigenvalue weighted by atomic mass is 9.85. The highest BCUT2D eigenvalue weighted by Gasteiger charge is 2.23. The third-order valence-corrected chi connectivity index (χ3v) is 1.84. The van der Waals surface area contributed by atoms with Gasteiger partial charge in [0, 0.05) is 12.4 Å². The van der Waals surface area contributed by atoms with Gasteiger partial charge in [-0.2, -0.15) is 0 Å². The molecule has 2 nitrogen and oxygen atoms in total. The van der Waals surface area contributed by atoms with E-state index in [-0.39, 0.29) is 5.41 Å². The highest BCUT2D eigenvalue weighted by molar-refractivity contribution is 5.14. The SMILES string of the molecule is CC(C)(C)C(O)c1ccncc1. The zero-order valence-electron chi connectivity index (χ0n) is 7.78. The van der Waals surface area contributed by atoms with Gasteiger partial charge in [-0.1, -0.05) is 20.8 Å². The molecule has 1 atom stereocenters. The number of rotatable bonds is 1. The van der Waals surface area contributed by atoms with Crippen molar-refractivity contribution in [2.75, 3.05) is 0 Å². The summed E-state index contributed by atoms with van der Waals surface area (Å²) in [5.41, 5.74) is 0.818. The van der Waals surface area contributed by atoms with Crippen molar-refractivity contribution in [3.8, 4) is 0 Å². The Balaban J connectivity index is 2.86. The van der Waals surface area contributed by atoms with Crippen molar-refractivity contribution >= 4 is 0 Å². The van der Waals surface area contributed by atoms with Crippen LogP contribution in [0.5, 0.6) is 0 Å². The molecule has 12 heavy (non-hydrogen) atoms. The van der Waals surface area contributed by atoms with Crippen LogP contribution in [-0.4, -0.2) is 10.1 Å². The monoisotopic (exact) mass is 165 g/mol. The first-order valence-corrected chi connectivity index (χ1v) is 4.10. The molecule has 1 N–H and O–H groups in total. The standard InChI is InChI=1S/C10H15NO/c1-10(2,3)9(12)8-4-6-11-7-5-8/h4-7,9,12H,1-3H3. The van der Waals surface area contributed by atoms with E-state index in [1.807, 2.05) is 32.9 Å². The summed E-state index contributed by atoms with van der Waals surface area (Å²) in [6.07, 6.45) is 2.98. The molecule has 66 valence electrons. The summed E-state index contributed by atoms with van der Waals surface area (Å²) < 4.78 is 0. The molecule has 1 aromatic heterocycles. The molecule has 0 aliphatic carbocycles. The molecule has 0 bridgehead atoms. The van der Waals surface area contributed by atoms with Crippen molar-refractivity contribution in [1.29, 1.82) is 0 Å². The Kier molecular flexibility index (Phi) is 2.48. The van der Waals surface area contributed by atoms with Crippen molar-refractivity contribution in [3.05, 3.63) is 30.1 Å². The van der Waals surface area contributed by atoms with Crippen molar-refractivity contribution in [3.63, 3.8) is 0 Å². The zero-order chi connectivity index (χ0) is 9.19. The molecule has 2 heteroatoms. The predicted octanol–water partition coefficient (Wildman–Crippen LogP) is 2.16. The minimum absolute atomic E-state index is 0.110. The fourth-order valence-electron chi connectivity index (χ4n) is 1.05. The van der Waals surface area contributed by atoms with Gasteiger partial charge in [0.1, 0.15) is 0 Å². The molecule has 0 amide bonds. The second kappa shape index (κ2) is 3.23. The lowest BCUT2D eigenvalue weighted by Gasteiger charge is -2.25. The van der Waals surface area contributed by atoms with Gasteiger partial charge in [0.25, 0.3) is 0 Å². The molecule has 0 radical (unpaired) electrons. The number of hydrogen-bond donors (Lipinski definition) is 1. The Hall–Kier alpha value is -0.890. The van der Waals surface area contributed by atoms with Crippen LogP contribution < -0.4 is 0 Å². The van der Waals surface area contributed by atoms with Gasteiger partial charge in [0.15, 0.2) is 0 Å². The van der Waals surface area contributed by atoms with Crippen LogP contribution in [0.3, 0.4) is 0 Å². The second-order valence-electron chi connectivity index (χ2n) is 4.05. The molecule has 0 aromatic carbocycles. The minimum atomic E-state index is -0.416. The molecular formula is C10H15NO. The summed E-state index contributed by atoms with van der Waals surface area (Å²) >= 11 is 0.